The highest BCUT2D eigenvalue weighted by Crippen LogP contribution is 2.31. The summed E-state index contributed by atoms with van der Waals surface area (Å²) in [7, 11) is 4.19. The standard InChI is InChI=1S/C14H20BrClFN3/c1-19-5-6-20(2)9(8-19)7-12(18)10-3-4-11(15)13(16)14(10)17/h3-4,9,12H,5-8,18H2,1-2H3. The molecule has 6 heteroatoms. The van der Waals surface area contributed by atoms with Crippen LogP contribution in [0.2, 0.25) is 5.02 Å². The smallest absolute Gasteiger partial charge is 0.147 e. The molecule has 0 aromatic heterocycles. The van der Waals surface area contributed by atoms with Crippen molar-refractivity contribution in [2.45, 2.75) is 18.5 Å². The van der Waals surface area contributed by atoms with Crippen molar-refractivity contribution in [1.29, 1.82) is 0 Å². The fraction of sp³-hybridized carbons (Fsp3) is 0.571. The lowest BCUT2D eigenvalue weighted by molar-refractivity contribution is 0.104. The molecule has 2 atom stereocenters. The van der Waals surface area contributed by atoms with E-state index >= 15 is 0 Å². The van der Waals surface area contributed by atoms with E-state index in [1.165, 1.54) is 0 Å². The second kappa shape index (κ2) is 6.71. The van der Waals surface area contributed by atoms with Crippen molar-refractivity contribution in [1.82, 2.24) is 9.80 Å². The quantitative estimate of drug-likeness (QED) is 0.837. The van der Waals surface area contributed by atoms with Gasteiger partial charge in [0.15, 0.2) is 0 Å². The zero-order valence-corrected chi connectivity index (χ0v) is 14.1. The Bertz CT molecular complexity index is 486. The van der Waals surface area contributed by atoms with E-state index in [0.29, 0.717) is 16.1 Å². The number of hydrogen-bond donors (Lipinski definition) is 1. The lowest BCUT2D eigenvalue weighted by atomic mass is 9.97. The Labute approximate surface area is 133 Å². The molecule has 2 unspecified atom stereocenters. The van der Waals surface area contributed by atoms with Gasteiger partial charge in [-0.05, 0) is 42.5 Å². The number of likely N-dealkylation sites (N-methyl/N-ethyl adjacent to an activating group) is 2. The van der Waals surface area contributed by atoms with Crippen molar-refractivity contribution in [2.75, 3.05) is 33.7 Å². The van der Waals surface area contributed by atoms with Crippen molar-refractivity contribution >= 4 is 27.5 Å². The highest BCUT2D eigenvalue weighted by molar-refractivity contribution is 9.10. The van der Waals surface area contributed by atoms with Gasteiger partial charge in [-0.2, -0.15) is 0 Å². The molecule has 0 spiro atoms. The van der Waals surface area contributed by atoms with E-state index in [0.717, 1.165) is 26.1 Å². The maximum absolute atomic E-state index is 14.2. The largest absolute Gasteiger partial charge is 0.324 e. The molecule has 1 saturated heterocycles. The zero-order chi connectivity index (χ0) is 14.9. The van der Waals surface area contributed by atoms with Crippen molar-refractivity contribution in [3.05, 3.63) is 33.0 Å². The van der Waals surface area contributed by atoms with Crippen LogP contribution in [0.4, 0.5) is 4.39 Å². The Morgan fingerprint density at radius 3 is 2.85 bits per heavy atom. The molecule has 1 aromatic rings. The van der Waals surface area contributed by atoms with E-state index < -0.39 is 5.82 Å². The third-order valence-electron chi connectivity index (χ3n) is 3.97. The molecule has 0 radical (unpaired) electrons. The van der Waals surface area contributed by atoms with Gasteiger partial charge in [0.25, 0.3) is 0 Å². The minimum absolute atomic E-state index is 0.104. The number of rotatable bonds is 3. The minimum atomic E-state index is -0.416. The number of benzene rings is 1. The van der Waals surface area contributed by atoms with Crippen LogP contribution in [0.5, 0.6) is 0 Å². The molecule has 1 aromatic carbocycles. The lowest BCUT2D eigenvalue weighted by Crippen LogP contribution is -2.50. The summed E-state index contributed by atoms with van der Waals surface area (Å²) in [5.41, 5.74) is 6.68. The molecule has 1 aliphatic rings. The Hall–Kier alpha value is -0.200. The molecule has 1 heterocycles. The van der Waals surface area contributed by atoms with Crippen LogP contribution in [0.3, 0.4) is 0 Å². The van der Waals surface area contributed by atoms with Crippen molar-refractivity contribution in [3.8, 4) is 0 Å². The first-order valence-electron chi connectivity index (χ1n) is 6.68. The fourth-order valence-corrected chi connectivity index (χ4v) is 3.08. The van der Waals surface area contributed by atoms with Gasteiger partial charge in [-0.3, -0.25) is 0 Å². The summed E-state index contributed by atoms with van der Waals surface area (Å²) in [6, 6.07) is 3.45. The van der Waals surface area contributed by atoms with Gasteiger partial charge in [0.2, 0.25) is 0 Å². The third kappa shape index (κ3) is 3.52. The van der Waals surface area contributed by atoms with Gasteiger partial charge in [-0.15, -0.1) is 0 Å². The van der Waals surface area contributed by atoms with Gasteiger partial charge >= 0.3 is 0 Å². The number of hydrogen-bond acceptors (Lipinski definition) is 3. The second-order valence-corrected chi connectivity index (χ2v) is 6.74. The summed E-state index contributed by atoms with van der Waals surface area (Å²) in [6.45, 7) is 3.02. The molecule has 1 aliphatic heterocycles. The van der Waals surface area contributed by atoms with Crippen molar-refractivity contribution in [3.63, 3.8) is 0 Å². The number of piperazine rings is 1. The predicted molar refractivity (Wildman–Crippen MR) is 84.6 cm³/mol. The van der Waals surface area contributed by atoms with Crippen LogP contribution in [-0.4, -0.2) is 49.6 Å². The van der Waals surface area contributed by atoms with Crippen molar-refractivity contribution in [2.24, 2.45) is 5.73 Å². The van der Waals surface area contributed by atoms with Crippen molar-refractivity contribution < 1.29 is 4.39 Å². The molecule has 0 bridgehead atoms. The predicted octanol–water partition coefficient (Wildman–Crippen LogP) is 2.88. The molecule has 0 amide bonds. The molecule has 20 heavy (non-hydrogen) atoms. The highest BCUT2D eigenvalue weighted by atomic mass is 79.9. The van der Waals surface area contributed by atoms with Crippen LogP contribution < -0.4 is 5.73 Å². The van der Waals surface area contributed by atoms with Crippen LogP contribution in [0.25, 0.3) is 0 Å². The van der Waals surface area contributed by atoms with Gasteiger partial charge in [0.05, 0.1) is 5.02 Å². The first-order chi connectivity index (χ1) is 9.40. The van der Waals surface area contributed by atoms with Gasteiger partial charge in [-0.1, -0.05) is 17.7 Å². The Balaban J connectivity index is 2.12. The highest BCUT2D eigenvalue weighted by Gasteiger charge is 2.26. The number of halogens is 3. The van der Waals surface area contributed by atoms with Crippen LogP contribution in [0.1, 0.15) is 18.0 Å². The van der Waals surface area contributed by atoms with E-state index in [-0.39, 0.29) is 11.1 Å². The van der Waals surface area contributed by atoms with E-state index in [4.69, 9.17) is 17.3 Å². The number of nitrogens with two attached hydrogens (primary N) is 1. The first kappa shape index (κ1) is 16.2. The maximum atomic E-state index is 14.2. The summed E-state index contributed by atoms with van der Waals surface area (Å²) >= 11 is 9.14. The molecule has 2 N–H and O–H groups in total. The minimum Gasteiger partial charge on any atom is -0.324 e. The molecule has 112 valence electrons. The monoisotopic (exact) mass is 363 g/mol. The topological polar surface area (TPSA) is 32.5 Å². The van der Waals surface area contributed by atoms with Crippen LogP contribution in [0.15, 0.2) is 16.6 Å². The second-order valence-electron chi connectivity index (χ2n) is 5.50. The molecular weight excluding hydrogens is 345 g/mol. The summed E-state index contributed by atoms with van der Waals surface area (Å²) in [5.74, 6) is -0.416. The maximum Gasteiger partial charge on any atom is 0.147 e. The molecule has 1 fully saturated rings. The Morgan fingerprint density at radius 1 is 1.45 bits per heavy atom. The summed E-state index contributed by atoms with van der Waals surface area (Å²) in [4.78, 5) is 4.57. The van der Waals surface area contributed by atoms with Crippen LogP contribution in [-0.2, 0) is 0 Å². The molecule has 2 rings (SSSR count). The number of nitrogens with zero attached hydrogens (tertiary/aromatic N) is 2. The van der Waals surface area contributed by atoms with Gasteiger partial charge in [0.1, 0.15) is 5.82 Å². The molecular formula is C14H20BrClFN3. The van der Waals surface area contributed by atoms with Gasteiger partial charge < -0.3 is 15.5 Å². The summed E-state index contributed by atoms with van der Waals surface area (Å²) in [5, 5.41) is 0.104. The molecule has 3 nitrogen and oxygen atoms in total. The van der Waals surface area contributed by atoms with E-state index in [1.807, 2.05) is 0 Å². The SMILES string of the molecule is CN1CCN(C)C(CC(N)c2ccc(Br)c(Cl)c2F)C1. The average molecular weight is 365 g/mol. The van der Waals surface area contributed by atoms with Crippen LogP contribution >= 0.6 is 27.5 Å². The molecule has 0 saturated carbocycles. The summed E-state index contributed by atoms with van der Waals surface area (Å²) < 4.78 is 14.7. The van der Waals surface area contributed by atoms with E-state index in [1.54, 1.807) is 12.1 Å². The van der Waals surface area contributed by atoms with Crippen LogP contribution in [0, 0.1) is 5.82 Å². The Morgan fingerprint density at radius 2 is 2.15 bits per heavy atom. The van der Waals surface area contributed by atoms with Gasteiger partial charge in [0, 0.05) is 41.8 Å². The normalized spacial score (nSPS) is 23.0. The summed E-state index contributed by atoms with van der Waals surface area (Å²) in [6.07, 6.45) is 0.718. The molecule has 0 aliphatic carbocycles. The van der Waals surface area contributed by atoms with E-state index in [2.05, 4.69) is 39.8 Å². The zero-order valence-electron chi connectivity index (χ0n) is 11.7. The van der Waals surface area contributed by atoms with Gasteiger partial charge in [-0.25, -0.2) is 4.39 Å². The lowest BCUT2D eigenvalue weighted by Gasteiger charge is -2.38. The van der Waals surface area contributed by atoms with E-state index in [9.17, 15) is 4.39 Å². The third-order valence-corrected chi connectivity index (χ3v) is 5.23. The Kier molecular flexibility index (Phi) is 5.42. The average Bonchev–Trinajstić information content (AvgIpc) is 2.40. The first-order valence-corrected chi connectivity index (χ1v) is 7.85. The fourth-order valence-electron chi connectivity index (χ4n) is 2.60.